The predicted octanol–water partition coefficient (Wildman–Crippen LogP) is 3.71. The van der Waals surface area contributed by atoms with Crippen molar-refractivity contribution in [1.82, 2.24) is 20.3 Å². The van der Waals surface area contributed by atoms with Gasteiger partial charge in [-0.05, 0) is 57.5 Å². The number of hydrogen-bond acceptors (Lipinski definition) is 3. The highest BCUT2D eigenvalue weighted by molar-refractivity contribution is 9.10. The molecule has 0 saturated carbocycles. The van der Waals surface area contributed by atoms with Gasteiger partial charge in [-0.3, -0.25) is 0 Å². The van der Waals surface area contributed by atoms with E-state index in [0.717, 1.165) is 34.5 Å². The van der Waals surface area contributed by atoms with Crippen LogP contribution in [0.25, 0.3) is 5.69 Å². The summed E-state index contributed by atoms with van der Waals surface area (Å²) in [6, 6.07) is 6.41. The standard InChI is InChI=1S/C15H21BrN4/c1-5-8-17-11(3)15-12(4)20(19-18-15)14-7-6-13(16)9-10(14)2/h6-7,9,11,17H,5,8H2,1-4H3. The van der Waals surface area contributed by atoms with Crippen LogP contribution in [0.4, 0.5) is 0 Å². The molecule has 2 rings (SSSR count). The Bertz CT molecular complexity index is 592. The molecule has 5 heteroatoms. The molecule has 0 amide bonds. The maximum absolute atomic E-state index is 4.35. The Hall–Kier alpha value is -1.20. The van der Waals surface area contributed by atoms with Gasteiger partial charge in [0, 0.05) is 4.47 Å². The van der Waals surface area contributed by atoms with E-state index in [1.165, 1.54) is 5.56 Å². The van der Waals surface area contributed by atoms with Crippen molar-refractivity contribution in [2.75, 3.05) is 6.54 Å². The van der Waals surface area contributed by atoms with E-state index in [1.54, 1.807) is 0 Å². The summed E-state index contributed by atoms with van der Waals surface area (Å²) in [5, 5.41) is 12.1. The number of rotatable bonds is 5. The summed E-state index contributed by atoms with van der Waals surface area (Å²) < 4.78 is 3.00. The quantitative estimate of drug-likeness (QED) is 0.904. The fourth-order valence-electron chi connectivity index (χ4n) is 2.28. The van der Waals surface area contributed by atoms with E-state index < -0.39 is 0 Å². The van der Waals surface area contributed by atoms with Crippen LogP contribution in [-0.4, -0.2) is 21.5 Å². The van der Waals surface area contributed by atoms with E-state index in [2.05, 4.69) is 71.4 Å². The molecule has 0 aliphatic rings. The van der Waals surface area contributed by atoms with Crippen LogP contribution in [0.2, 0.25) is 0 Å². The van der Waals surface area contributed by atoms with Crippen LogP contribution in [0.15, 0.2) is 22.7 Å². The second-order valence-electron chi connectivity index (χ2n) is 5.08. The van der Waals surface area contributed by atoms with Crippen LogP contribution >= 0.6 is 15.9 Å². The molecule has 1 aromatic heterocycles. The average molecular weight is 337 g/mol. The second-order valence-corrected chi connectivity index (χ2v) is 5.99. The summed E-state index contributed by atoms with van der Waals surface area (Å²) in [5.41, 5.74) is 4.35. The molecular formula is C15H21BrN4. The first-order chi connectivity index (χ1) is 9.54. The van der Waals surface area contributed by atoms with Gasteiger partial charge in [-0.15, -0.1) is 5.10 Å². The highest BCUT2D eigenvalue weighted by Crippen LogP contribution is 2.22. The molecule has 0 fully saturated rings. The Morgan fingerprint density at radius 2 is 2.10 bits per heavy atom. The zero-order valence-corrected chi connectivity index (χ0v) is 14.0. The first-order valence-corrected chi connectivity index (χ1v) is 7.76. The van der Waals surface area contributed by atoms with Gasteiger partial charge < -0.3 is 5.32 Å². The lowest BCUT2D eigenvalue weighted by atomic mass is 10.1. The van der Waals surface area contributed by atoms with Gasteiger partial charge in [-0.2, -0.15) is 0 Å². The lowest BCUT2D eigenvalue weighted by Gasteiger charge is -2.12. The Labute approximate surface area is 128 Å². The number of nitrogens with zero attached hydrogens (tertiary/aromatic N) is 3. The lowest BCUT2D eigenvalue weighted by molar-refractivity contribution is 0.555. The van der Waals surface area contributed by atoms with Crippen LogP contribution in [0.5, 0.6) is 0 Å². The van der Waals surface area contributed by atoms with E-state index in [1.807, 2.05) is 10.7 Å². The van der Waals surface area contributed by atoms with Gasteiger partial charge in [0.1, 0.15) is 5.69 Å². The molecule has 20 heavy (non-hydrogen) atoms. The van der Waals surface area contributed by atoms with Crippen LogP contribution in [-0.2, 0) is 0 Å². The van der Waals surface area contributed by atoms with Crippen molar-refractivity contribution in [1.29, 1.82) is 0 Å². The molecule has 0 aliphatic heterocycles. The van der Waals surface area contributed by atoms with Crippen molar-refractivity contribution >= 4 is 15.9 Å². The SMILES string of the molecule is CCCNC(C)c1nnn(-c2ccc(Br)cc2C)c1C. The van der Waals surface area contributed by atoms with Crippen molar-refractivity contribution in [2.24, 2.45) is 0 Å². The molecule has 1 aromatic carbocycles. The van der Waals surface area contributed by atoms with E-state index in [-0.39, 0.29) is 6.04 Å². The monoisotopic (exact) mass is 336 g/mol. The third-order valence-corrected chi connectivity index (χ3v) is 3.92. The maximum Gasteiger partial charge on any atom is 0.103 e. The molecule has 0 bridgehead atoms. The molecule has 0 spiro atoms. The van der Waals surface area contributed by atoms with Crippen LogP contribution < -0.4 is 5.32 Å². The van der Waals surface area contributed by atoms with Crippen molar-refractivity contribution in [3.63, 3.8) is 0 Å². The Kier molecular flexibility index (Phi) is 4.94. The third kappa shape index (κ3) is 3.10. The van der Waals surface area contributed by atoms with Crippen molar-refractivity contribution in [2.45, 2.75) is 40.2 Å². The van der Waals surface area contributed by atoms with Gasteiger partial charge in [-0.1, -0.05) is 28.1 Å². The van der Waals surface area contributed by atoms with E-state index in [0.29, 0.717) is 0 Å². The second kappa shape index (κ2) is 6.50. The van der Waals surface area contributed by atoms with Gasteiger partial charge in [0.05, 0.1) is 17.4 Å². The molecule has 1 heterocycles. The molecule has 1 unspecified atom stereocenters. The molecule has 1 atom stereocenters. The first-order valence-electron chi connectivity index (χ1n) is 6.96. The summed E-state index contributed by atoms with van der Waals surface area (Å²) in [6.07, 6.45) is 1.11. The van der Waals surface area contributed by atoms with Crippen LogP contribution in [0.1, 0.15) is 43.3 Å². The van der Waals surface area contributed by atoms with Crippen molar-refractivity contribution < 1.29 is 0 Å². The summed E-state index contributed by atoms with van der Waals surface area (Å²) in [4.78, 5) is 0. The lowest BCUT2D eigenvalue weighted by Crippen LogP contribution is -2.20. The topological polar surface area (TPSA) is 42.7 Å². The minimum Gasteiger partial charge on any atom is -0.309 e. The molecule has 0 saturated heterocycles. The van der Waals surface area contributed by atoms with Gasteiger partial charge >= 0.3 is 0 Å². The normalized spacial score (nSPS) is 12.7. The van der Waals surface area contributed by atoms with Gasteiger partial charge in [0.25, 0.3) is 0 Å². The number of halogens is 1. The fourth-order valence-corrected chi connectivity index (χ4v) is 2.76. The van der Waals surface area contributed by atoms with Crippen molar-refractivity contribution in [3.05, 3.63) is 39.6 Å². The van der Waals surface area contributed by atoms with E-state index in [9.17, 15) is 0 Å². The van der Waals surface area contributed by atoms with Gasteiger partial charge in [0.15, 0.2) is 0 Å². The number of aryl methyl sites for hydroxylation is 1. The number of aromatic nitrogens is 3. The minimum atomic E-state index is 0.222. The molecule has 0 radical (unpaired) electrons. The van der Waals surface area contributed by atoms with Crippen LogP contribution in [0, 0.1) is 13.8 Å². The zero-order valence-electron chi connectivity index (χ0n) is 12.4. The average Bonchev–Trinajstić information content (AvgIpc) is 2.78. The number of hydrogen-bond donors (Lipinski definition) is 1. The summed E-state index contributed by atoms with van der Waals surface area (Å²) in [6.45, 7) is 9.44. The summed E-state index contributed by atoms with van der Waals surface area (Å²) in [5.74, 6) is 0. The third-order valence-electron chi connectivity index (χ3n) is 3.43. The number of nitrogens with one attached hydrogen (secondary N) is 1. The van der Waals surface area contributed by atoms with Gasteiger partial charge in [0.2, 0.25) is 0 Å². The first kappa shape index (κ1) is 15.2. The van der Waals surface area contributed by atoms with E-state index in [4.69, 9.17) is 0 Å². The highest BCUT2D eigenvalue weighted by Gasteiger charge is 2.16. The Morgan fingerprint density at radius 3 is 2.75 bits per heavy atom. The maximum atomic E-state index is 4.35. The minimum absolute atomic E-state index is 0.222. The summed E-state index contributed by atoms with van der Waals surface area (Å²) >= 11 is 3.49. The highest BCUT2D eigenvalue weighted by atomic mass is 79.9. The fraction of sp³-hybridized carbons (Fsp3) is 0.467. The Balaban J connectivity index is 2.33. The predicted molar refractivity (Wildman–Crippen MR) is 85.2 cm³/mol. The van der Waals surface area contributed by atoms with Crippen molar-refractivity contribution in [3.8, 4) is 5.69 Å². The van der Waals surface area contributed by atoms with E-state index >= 15 is 0 Å². The van der Waals surface area contributed by atoms with Gasteiger partial charge in [-0.25, -0.2) is 4.68 Å². The number of benzene rings is 1. The summed E-state index contributed by atoms with van der Waals surface area (Å²) in [7, 11) is 0. The smallest absolute Gasteiger partial charge is 0.103 e. The molecule has 108 valence electrons. The molecule has 1 N–H and O–H groups in total. The molecule has 2 aromatic rings. The molecule has 4 nitrogen and oxygen atoms in total. The molecular weight excluding hydrogens is 316 g/mol. The molecule has 0 aliphatic carbocycles. The Morgan fingerprint density at radius 1 is 1.35 bits per heavy atom. The largest absolute Gasteiger partial charge is 0.309 e. The van der Waals surface area contributed by atoms with Crippen LogP contribution in [0.3, 0.4) is 0 Å². The zero-order chi connectivity index (χ0) is 14.7.